The maximum Gasteiger partial charge on any atom is 0.310 e. The summed E-state index contributed by atoms with van der Waals surface area (Å²) in [5.74, 6) is -0.258. The fourth-order valence-electron chi connectivity index (χ4n) is 3.20. The van der Waals surface area contributed by atoms with E-state index >= 15 is 0 Å². The minimum Gasteiger partial charge on any atom is -0.481 e. The van der Waals surface area contributed by atoms with Gasteiger partial charge in [0.05, 0.1) is 5.41 Å². The fourth-order valence-corrected chi connectivity index (χ4v) is 3.20. The van der Waals surface area contributed by atoms with E-state index in [9.17, 15) is 14.7 Å². The molecule has 2 N–H and O–H groups in total. The monoisotopic (exact) mass is 267 g/mol. The smallest absolute Gasteiger partial charge is 0.310 e. The molecule has 0 spiro atoms. The molecule has 108 valence electrons. The van der Waals surface area contributed by atoms with Gasteiger partial charge in [-0.15, -0.1) is 0 Å². The van der Waals surface area contributed by atoms with Crippen LogP contribution in [0, 0.1) is 11.3 Å². The van der Waals surface area contributed by atoms with Crippen LogP contribution in [0.1, 0.15) is 64.7 Å². The van der Waals surface area contributed by atoms with E-state index in [1.54, 1.807) is 0 Å². The number of hydrogen-bond donors (Lipinski definition) is 2. The first-order valence-electron chi connectivity index (χ1n) is 7.56. The van der Waals surface area contributed by atoms with Gasteiger partial charge in [-0.25, -0.2) is 0 Å². The van der Waals surface area contributed by atoms with Crippen LogP contribution >= 0.6 is 0 Å². The van der Waals surface area contributed by atoms with Gasteiger partial charge < -0.3 is 10.4 Å². The second kappa shape index (κ2) is 5.93. The molecule has 2 rings (SSSR count). The average molecular weight is 267 g/mol. The van der Waals surface area contributed by atoms with Gasteiger partial charge in [-0.3, -0.25) is 9.59 Å². The van der Waals surface area contributed by atoms with Gasteiger partial charge in [0, 0.05) is 12.5 Å². The Kier molecular flexibility index (Phi) is 4.48. The summed E-state index contributed by atoms with van der Waals surface area (Å²) in [5.41, 5.74) is -0.816. The number of amides is 1. The van der Waals surface area contributed by atoms with Gasteiger partial charge in [0.1, 0.15) is 0 Å². The van der Waals surface area contributed by atoms with Gasteiger partial charge in [-0.2, -0.15) is 0 Å². The maximum absolute atomic E-state index is 12.1. The molecule has 4 nitrogen and oxygen atoms in total. The van der Waals surface area contributed by atoms with Crippen LogP contribution < -0.4 is 5.32 Å². The molecule has 19 heavy (non-hydrogen) atoms. The first-order chi connectivity index (χ1) is 9.03. The fraction of sp³-hybridized carbons (Fsp3) is 0.867. The minimum atomic E-state index is -0.816. The quantitative estimate of drug-likeness (QED) is 0.753. The molecule has 0 aliphatic heterocycles. The third-order valence-corrected chi connectivity index (χ3v) is 4.73. The van der Waals surface area contributed by atoms with Crippen molar-refractivity contribution >= 4 is 11.9 Å². The number of carboxylic acid groups (broad SMARTS) is 1. The third kappa shape index (κ3) is 3.71. The van der Waals surface area contributed by atoms with Crippen molar-refractivity contribution in [2.24, 2.45) is 11.3 Å². The first kappa shape index (κ1) is 14.4. The molecule has 2 saturated carbocycles. The number of carboxylic acids is 1. The molecule has 0 aromatic heterocycles. The van der Waals surface area contributed by atoms with E-state index in [0.29, 0.717) is 18.8 Å². The van der Waals surface area contributed by atoms with E-state index in [1.165, 1.54) is 12.8 Å². The summed E-state index contributed by atoms with van der Waals surface area (Å²) in [6, 6.07) is 0.198. The van der Waals surface area contributed by atoms with Gasteiger partial charge in [-0.1, -0.05) is 25.7 Å². The third-order valence-electron chi connectivity index (χ3n) is 4.73. The van der Waals surface area contributed by atoms with Crippen molar-refractivity contribution < 1.29 is 14.7 Å². The zero-order valence-corrected chi connectivity index (χ0v) is 11.8. The lowest BCUT2D eigenvalue weighted by Gasteiger charge is -2.28. The Balaban J connectivity index is 1.94. The van der Waals surface area contributed by atoms with Crippen molar-refractivity contribution in [1.82, 2.24) is 5.32 Å². The lowest BCUT2D eigenvalue weighted by molar-refractivity contribution is -0.153. The lowest BCUT2D eigenvalue weighted by Crippen LogP contribution is -2.41. The van der Waals surface area contributed by atoms with E-state index in [4.69, 9.17) is 0 Å². The molecule has 2 fully saturated rings. The molecule has 4 heteroatoms. The molecule has 0 heterocycles. The van der Waals surface area contributed by atoms with Gasteiger partial charge in [0.2, 0.25) is 5.91 Å². The van der Waals surface area contributed by atoms with Crippen molar-refractivity contribution in [3.05, 3.63) is 0 Å². The van der Waals surface area contributed by atoms with Gasteiger partial charge >= 0.3 is 5.97 Å². The summed E-state index contributed by atoms with van der Waals surface area (Å²) in [6.45, 7) is 2.02. The zero-order valence-electron chi connectivity index (χ0n) is 11.8. The van der Waals surface area contributed by atoms with E-state index in [-0.39, 0.29) is 18.4 Å². The predicted molar refractivity (Wildman–Crippen MR) is 72.7 cm³/mol. The lowest BCUT2D eigenvalue weighted by atomic mass is 9.77. The van der Waals surface area contributed by atoms with E-state index < -0.39 is 11.4 Å². The molecule has 1 amide bonds. The summed E-state index contributed by atoms with van der Waals surface area (Å²) < 4.78 is 0. The number of nitrogens with one attached hydrogen (secondary N) is 1. The van der Waals surface area contributed by atoms with Crippen molar-refractivity contribution in [1.29, 1.82) is 0 Å². The van der Waals surface area contributed by atoms with Crippen LogP contribution in [0.5, 0.6) is 0 Å². The molecular formula is C15H25NO3. The average Bonchev–Trinajstić information content (AvgIpc) is 3.16. The molecular weight excluding hydrogens is 242 g/mol. The SMILES string of the molecule is CC(NC(=O)CC1(C(=O)O)CCCCCC1)C1CC1. The van der Waals surface area contributed by atoms with Crippen molar-refractivity contribution in [2.45, 2.75) is 70.8 Å². The second-order valence-electron chi connectivity index (χ2n) is 6.37. The predicted octanol–water partition coefficient (Wildman–Crippen LogP) is 2.72. The van der Waals surface area contributed by atoms with E-state index in [1.807, 2.05) is 6.92 Å². The Bertz CT molecular complexity index is 341. The number of carbonyl (C=O) groups excluding carboxylic acids is 1. The zero-order chi connectivity index (χ0) is 13.9. The van der Waals surface area contributed by atoms with Crippen LogP contribution in [0.2, 0.25) is 0 Å². The van der Waals surface area contributed by atoms with Crippen LogP contribution in [0.4, 0.5) is 0 Å². The highest BCUT2D eigenvalue weighted by Gasteiger charge is 2.41. The summed E-state index contributed by atoms with van der Waals surface area (Å²) >= 11 is 0. The van der Waals surface area contributed by atoms with Crippen molar-refractivity contribution in [3.8, 4) is 0 Å². The largest absolute Gasteiger partial charge is 0.481 e. The Labute approximate surface area is 115 Å². The van der Waals surface area contributed by atoms with Crippen molar-refractivity contribution in [3.63, 3.8) is 0 Å². The highest BCUT2D eigenvalue weighted by molar-refractivity contribution is 5.85. The van der Waals surface area contributed by atoms with Crippen LogP contribution in [-0.2, 0) is 9.59 Å². The summed E-state index contributed by atoms with van der Waals surface area (Å²) in [4.78, 5) is 23.7. The highest BCUT2D eigenvalue weighted by Crippen LogP contribution is 2.39. The van der Waals surface area contributed by atoms with Crippen molar-refractivity contribution in [2.75, 3.05) is 0 Å². The second-order valence-corrected chi connectivity index (χ2v) is 6.37. The molecule has 0 bridgehead atoms. The Morgan fingerprint density at radius 3 is 2.26 bits per heavy atom. The van der Waals surface area contributed by atoms with Gasteiger partial charge in [0.25, 0.3) is 0 Å². The van der Waals surface area contributed by atoms with E-state index in [0.717, 1.165) is 25.7 Å². The normalized spacial score (nSPS) is 24.3. The molecule has 1 atom stereocenters. The molecule has 0 aromatic rings. The highest BCUT2D eigenvalue weighted by atomic mass is 16.4. The van der Waals surface area contributed by atoms with Crippen LogP contribution in [0.25, 0.3) is 0 Å². The molecule has 1 unspecified atom stereocenters. The van der Waals surface area contributed by atoms with E-state index in [2.05, 4.69) is 5.32 Å². The Hall–Kier alpha value is -1.06. The topological polar surface area (TPSA) is 66.4 Å². The maximum atomic E-state index is 12.1. The number of carbonyl (C=O) groups is 2. The minimum absolute atomic E-state index is 0.0799. The standard InChI is InChI=1S/C15H25NO3/c1-11(12-6-7-12)16-13(17)10-15(14(18)19)8-4-2-3-5-9-15/h11-12H,2-10H2,1H3,(H,16,17)(H,18,19). The first-order valence-corrected chi connectivity index (χ1v) is 7.56. The molecule has 2 aliphatic rings. The van der Waals surface area contributed by atoms with Gasteiger partial charge in [0.15, 0.2) is 0 Å². The summed E-state index contributed by atoms with van der Waals surface area (Å²) in [5, 5.41) is 12.5. The Morgan fingerprint density at radius 2 is 1.79 bits per heavy atom. The molecule has 0 radical (unpaired) electrons. The molecule has 0 aromatic carbocycles. The molecule has 2 aliphatic carbocycles. The molecule has 0 saturated heterocycles. The number of aliphatic carboxylic acids is 1. The van der Waals surface area contributed by atoms with Crippen LogP contribution in [-0.4, -0.2) is 23.0 Å². The Morgan fingerprint density at radius 1 is 1.21 bits per heavy atom. The van der Waals surface area contributed by atoms with Gasteiger partial charge in [-0.05, 0) is 38.5 Å². The summed E-state index contributed by atoms with van der Waals surface area (Å²) in [6.07, 6.45) is 7.86. The van der Waals surface area contributed by atoms with Crippen LogP contribution in [0.15, 0.2) is 0 Å². The summed E-state index contributed by atoms with van der Waals surface area (Å²) in [7, 11) is 0. The number of hydrogen-bond acceptors (Lipinski definition) is 2. The van der Waals surface area contributed by atoms with Crippen LogP contribution in [0.3, 0.4) is 0 Å². The number of rotatable bonds is 5.